The molecule has 4 heteroatoms. The van der Waals surface area contributed by atoms with Crippen molar-refractivity contribution in [2.45, 2.75) is 0 Å². The van der Waals surface area contributed by atoms with Gasteiger partial charge in [0.05, 0.1) is 39.5 Å². The summed E-state index contributed by atoms with van der Waals surface area (Å²) in [7, 11) is 0. The Labute approximate surface area is 309 Å². The molecular formula is C50H30N4. The fourth-order valence-corrected chi connectivity index (χ4v) is 8.89. The van der Waals surface area contributed by atoms with E-state index in [1.165, 1.54) is 65.2 Å². The van der Waals surface area contributed by atoms with Crippen LogP contribution in [0.15, 0.2) is 182 Å². The van der Waals surface area contributed by atoms with Crippen LogP contribution in [-0.4, -0.2) is 19.1 Å². The van der Waals surface area contributed by atoms with Gasteiger partial charge in [-0.05, 0) is 111 Å². The van der Waals surface area contributed by atoms with E-state index in [0.717, 1.165) is 44.2 Å². The van der Waals surface area contributed by atoms with Crippen molar-refractivity contribution in [1.29, 1.82) is 0 Å². The van der Waals surface area contributed by atoms with Gasteiger partial charge in [0, 0.05) is 50.4 Å². The molecule has 0 saturated carbocycles. The van der Waals surface area contributed by atoms with Crippen molar-refractivity contribution in [3.8, 4) is 22.5 Å². The van der Waals surface area contributed by atoms with E-state index in [1.807, 2.05) is 18.6 Å². The third kappa shape index (κ3) is 4.19. The molecule has 0 atom stereocenters. The standard InChI is InChI=1S/C50H30N4/c1-3-11-34-27-48-43(24-32(34)9-1)40-13-5-7-15-46(40)53(48)37-17-18-39-36(23-37)26-42(31-19-21-51-22-20-31)45-29-38(30-52-50(39)45)54-47-16-8-6-14-41(47)44-25-33-10-2-4-12-35(33)28-49(44)54/h1-30H. The largest absolute Gasteiger partial charge is 0.309 e. The highest BCUT2D eigenvalue weighted by atomic mass is 15.0. The van der Waals surface area contributed by atoms with E-state index in [2.05, 4.69) is 178 Å². The lowest BCUT2D eigenvalue weighted by molar-refractivity contribution is 1.16. The molecule has 0 aliphatic carbocycles. The Kier molecular flexibility index (Phi) is 6.02. The van der Waals surface area contributed by atoms with Crippen LogP contribution in [0.4, 0.5) is 0 Å². The monoisotopic (exact) mass is 686 g/mol. The highest BCUT2D eigenvalue weighted by Crippen LogP contribution is 2.40. The molecule has 12 aromatic rings. The lowest BCUT2D eigenvalue weighted by Gasteiger charge is -2.15. The molecule has 250 valence electrons. The number of benzene rings is 8. The van der Waals surface area contributed by atoms with Crippen LogP contribution in [0.2, 0.25) is 0 Å². The molecule has 0 aliphatic heterocycles. The molecule has 0 unspecified atom stereocenters. The first-order valence-corrected chi connectivity index (χ1v) is 18.4. The molecule has 0 fully saturated rings. The third-order valence-corrected chi connectivity index (χ3v) is 11.3. The molecule has 4 heterocycles. The van der Waals surface area contributed by atoms with Crippen molar-refractivity contribution >= 4 is 86.8 Å². The predicted molar refractivity (Wildman–Crippen MR) is 226 cm³/mol. The second-order valence-corrected chi connectivity index (χ2v) is 14.3. The number of para-hydroxylation sites is 2. The van der Waals surface area contributed by atoms with Crippen molar-refractivity contribution in [2.75, 3.05) is 0 Å². The normalized spacial score (nSPS) is 12.1. The summed E-state index contributed by atoms with van der Waals surface area (Å²) in [5.41, 5.74) is 10.1. The van der Waals surface area contributed by atoms with E-state index in [1.54, 1.807) is 0 Å². The summed E-state index contributed by atoms with van der Waals surface area (Å²) in [4.78, 5) is 9.68. The van der Waals surface area contributed by atoms with Crippen LogP contribution in [0.3, 0.4) is 0 Å². The van der Waals surface area contributed by atoms with Crippen molar-refractivity contribution in [3.05, 3.63) is 182 Å². The molecule has 4 nitrogen and oxygen atoms in total. The Hall–Kier alpha value is -7.30. The van der Waals surface area contributed by atoms with Crippen LogP contribution in [0.5, 0.6) is 0 Å². The summed E-state index contributed by atoms with van der Waals surface area (Å²) < 4.78 is 4.79. The lowest BCUT2D eigenvalue weighted by atomic mass is 9.95. The molecule has 0 aliphatic rings. The molecule has 0 saturated heterocycles. The Morgan fingerprint density at radius 3 is 1.54 bits per heavy atom. The number of pyridine rings is 2. The minimum atomic E-state index is 0.981. The summed E-state index contributed by atoms with van der Waals surface area (Å²) in [5, 5.41) is 13.3. The number of rotatable bonds is 3. The van der Waals surface area contributed by atoms with Crippen LogP contribution >= 0.6 is 0 Å². The average Bonchev–Trinajstić information content (AvgIpc) is 3.73. The van der Waals surface area contributed by atoms with Gasteiger partial charge in [-0.25, -0.2) is 0 Å². The van der Waals surface area contributed by atoms with Gasteiger partial charge in [-0.2, -0.15) is 0 Å². The lowest BCUT2D eigenvalue weighted by Crippen LogP contribution is -1.98. The van der Waals surface area contributed by atoms with E-state index < -0.39 is 0 Å². The van der Waals surface area contributed by atoms with Gasteiger partial charge in [0.25, 0.3) is 0 Å². The average molecular weight is 687 g/mol. The Morgan fingerprint density at radius 2 is 0.907 bits per heavy atom. The first-order chi connectivity index (χ1) is 26.8. The zero-order valence-corrected chi connectivity index (χ0v) is 29.1. The number of fused-ring (bicyclic) bond motifs is 11. The maximum atomic E-state index is 5.31. The van der Waals surface area contributed by atoms with Crippen LogP contribution in [-0.2, 0) is 0 Å². The summed E-state index contributed by atoms with van der Waals surface area (Å²) in [6.07, 6.45) is 5.80. The molecule has 12 rings (SSSR count). The molecule has 8 aromatic carbocycles. The van der Waals surface area contributed by atoms with E-state index >= 15 is 0 Å². The van der Waals surface area contributed by atoms with Gasteiger partial charge in [-0.15, -0.1) is 0 Å². The fraction of sp³-hybridized carbons (Fsp3) is 0. The minimum absolute atomic E-state index is 0.981. The van der Waals surface area contributed by atoms with Gasteiger partial charge in [-0.3, -0.25) is 9.97 Å². The van der Waals surface area contributed by atoms with E-state index in [9.17, 15) is 0 Å². The fourth-order valence-electron chi connectivity index (χ4n) is 8.89. The smallest absolute Gasteiger partial charge is 0.0788 e. The summed E-state index contributed by atoms with van der Waals surface area (Å²) in [6, 6.07) is 59.7. The summed E-state index contributed by atoms with van der Waals surface area (Å²) >= 11 is 0. The maximum Gasteiger partial charge on any atom is 0.0788 e. The first-order valence-electron chi connectivity index (χ1n) is 18.4. The highest BCUT2D eigenvalue weighted by molar-refractivity contribution is 6.17. The van der Waals surface area contributed by atoms with Gasteiger partial charge in [0.2, 0.25) is 0 Å². The maximum absolute atomic E-state index is 5.31. The molecule has 0 amide bonds. The highest BCUT2D eigenvalue weighted by Gasteiger charge is 2.18. The number of hydrogen-bond donors (Lipinski definition) is 0. The minimum Gasteiger partial charge on any atom is -0.309 e. The molecule has 0 spiro atoms. The zero-order chi connectivity index (χ0) is 35.3. The number of hydrogen-bond acceptors (Lipinski definition) is 2. The number of nitrogens with zero attached hydrogens (tertiary/aromatic N) is 4. The van der Waals surface area contributed by atoms with E-state index in [-0.39, 0.29) is 0 Å². The molecule has 54 heavy (non-hydrogen) atoms. The van der Waals surface area contributed by atoms with Crippen molar-refractivity contribution in [1.82, 2.24) is 19.1 Å². The van der Waals surface area contributed by atoms with Gasteiger partial charge < -0.3 is 9.13 Å². The van der Waals surface area contributed by atoms with Crippen molar-refractivity contribution < 1.29 is 0 Å². The van der Waals surface area contributed by atoms with Crippen LogP contribution in [0.1, 0.15) is 0 Å². The molecule has 4 aromatic heterocycles. The number of aromatic nitrogens is 4. The topological polar surface area (TPSA) is 35.6 Å². The second kappa shape index (κ2) is 11.1. The van der Waals surface area contributed by atoms with Gasteiger partial charge >= 0.3 is 0 Å². The second-order valence-electron chi connectivity index (χ2n) is 14.3. The van der Waals surface area contributed by atoms with Gasteiger partial charge in [0.15, 0.2) is 0 Å². The summed E-state index contributed by atoms with van der Waals surface area (Å²) in [6.45, 7) is 0. The van der Waals surface area contributed by atoms with Crippen molar-refractivity contribution in [3.63, 3.8) is 0 Å². The Balaban J connectivity index is 1.13. The predicted octanol–water partition coefficient (Wildman–Crippen LogP) is 13.0. The SMILES string of the molecule is c1ccc2cc3c(cc2c1)c1ccccc1n3-c1ccc2c(c1)cc(-c1ccncc1)c1cc(-n3c4ccccc4c4cc5ccccc5cc43)cnc12. The Bertz CT molecular complexity index is 3500. The van der Waals surface area contributed by atoms with Crippen LogP contribution in [0.25, 0.3) is 109 Å². The Morgan fingerprint density at radius 1 is 0.352 bits per heavy atom. The van der Waals surface area contributed by atoms with E-state index in [4.69, 9.17) is 4.98 Å². The van der Waals surface area contributed by atoms with Gasteiger partial charge in [-0.1, -0.05) is 91.0 Å². The zero-order valence-electron chi connectivity index (χ0n) is 29.1. The third-order valence-electron chi connectivity index (χ3n) is 11.3. The molecule has 0 bridgehead atoms. The van der Waals surface area contributed by atoms with Crippen LogP contribution in [0, 0.1) is 0 Å². The first kappa shape index (κ1) is 29.3. The molecule has 0 radical (unpaired) electrons. The molecular weight excluding hydrogens is 657 g/mol. The van der Waals surface area contributed by atoms with E-state index in [0.29, 0.717) is 0 Å². The summed E-state index contributed by atoms with van der Waals surface area (Å²) in [5.74, 6) is 0. The van der Waals surface area contributed by atoms with Crippen LogP contribution < -0.4 is 0 Å². The van der Waals surface area contributed by atoms with Crippen molar-refractivity contribution in [2.24, 2.45) is 0 Å². The van der Waals surface area contributed by atoms with Gasteiger partial charge in [0.1, 0.15) is 0 Å². The molecule has 0 N–H and O–H groups in total. The quantitative estimate of drug-likeness (QED) is 0.173.